The molecule has 2 amide bonds. The van der Waals surface area contributed by atoms with Crippen LogP contribution < -0.4 is 10.6 Å². The summed E-state index contributed by atoms with van der Waals surface area (Å²) in [5.41, 5.74) is 2.20. The summed E-state index contributed by atoms with van der Waals surface area (Å²) in [6.45, 7) is 7.01. The zero-order valence-corrected chi connectivity index (χ0v) is 10.0. The lowest BCUT2D eigenvalue weighted by atomic mass is 10.1. The molecule has 0 aliphatic rings. The predicted molar refractivity (Wildman–Crippen MR) is 68.9 cm³/mol. The molecule has 2 N–H and O–H groups in total. The first-order valence-corrected chi connectivity index (χ1v) is 5.41. The molecule has 4 heteroatoms. The second-order valence-corrected chi connectivity index (χ2v) is 3.57. The zero-order chi connectivity index (χ0) is 12.8. The van der Waals surface area contributed by atoms with Gasteiger partial charge in [-0.05, 0) is 30.7 Å². The van der Waals surface area contributed by atoms with Crippen LogP contribution >= 0.6 is 0 Å². The van der Waals surface area contributed by atoms with Crippen molar-refractivity contribution in [1.82, 2.24) is 0 Å². The Balaban J connectivity index is 2.94. The maximum absolute atomic E-state index is 11.3. The monoisotopic (exact) mass is 232 g/mol. The molecule has 0 aromatic heterocycles. The van der Waals surface area contributed by atoms with Gasteiger partial charge >= 0.3 is 0 Å². The molecule has 0 atom stereocenters. The fraction of sp³-hybridized carbons (Fsp3) is 0.231. The van der Waals surface area contributed by atoms with Crippen LogP contribution in [0.4, 0.5) is 11.4 Å². The van der Waals surface area contributed by atoms with Gasteiger partial charge in [0.15, 0.2) is 0 Å². The Kier molecular flexibility index (Phi) is 4.46. The zero-order valence-electron chi connectivity index (χ0n) is 10.0. The summed E-state index contributed by atoms with van der Waals surface area (Å²) in [5.74, 6) is -0.327. The first kappa shape index (κ1) is 13.0. The topological polar surface area (TPSA) is 58.2 Å². The number of hydrogen-bond donors (Lipinski definition) is 2. The van der Waals surface area contributed by atoms with Gasteiger partial charge < -0.3 is 10.6 Å². The fourth-order valence-electron chi connectivity index (χ4n) is 1.33. The minimum absolute atomic E-state index is 0.0553. The summed E-state index contributed by atoms with van der Waals surface area (Å²) in [5, 5.41) is 5.46. The van der Waals surface area contributed by atoms with Crippen LogP contribution in [-0.2, 0) is 9.59 Å². The van der Waals surface area contributed by atoms with Crippen molar-refractivity contribution in [2.24, 2.45) is 0 Å². The Bertz CT molecular complexity index is 453. The summed E-state index contributed by atoms with van der Waals surface area (Å²) in [7, 11) is 0. The molecular formula is C13H16N2O2. The molecule has 0 spiro atoms. The number of carbonyl (C=O) groups excluding carboxylic acids is 2. The van der Waals surface area contributed by atoms with Gasteiger partial charge in [0.05, 0.1) is 0 Å². The Labute approximate surface area is 101 Å². The Hall–Kier alpha value is -2.10. The van der Waals surface area contributed by atoms with Gasteiger partial charge in [0.1, 0.15) is 0 Å². The number of rotatable bonds is 4. The van der Waals surface area contributed by atoms with Gasteiger partial charge in [-0.2, -0.15) is 0 Å². The van der Waals surface area contributed by atoms with Crippen molar-refractivity contribution in [2.45, 2.75) is 20.3 Å². The molecule has 0 bridgehead atoms. The average molecular weight is 232 g/mol. The van der Waals surface area contributed by atoms with Gasteiger partial charge in [-0.15, -0.1) is 0 Å². The van der Waals surface area contributed by atoms with E-state index in [1.54, 1.807) is 25.1 Å². The molecule has 0 fully saturated rings. The normalized spacial score (nSPS) is 9.53. The SMILES string of the molecule is C=CC(=O)Nc1cccc(NC(=O)CC)c1C. The van der Waals surface area contributed by atoms with Gasteiger partial charge in [0, 0.05) is 17.8 Å². The van der Waals surface area contributed by atoms with E-state index < -0.39 is 0 Å². The molecule has 90 valence electrons. The maximum Gasteiger partial charge on any atom is 0.247 e. The van der Waals surface area contributed by atoms with Crippen LogP contribution in [0, 0.1) is 6.92 Å². The Morgan fingerprint density at radius 3 is 2.41 bits per heavy atom. The first-order valence-electron chi connectivity index (χ1n) is 5.41. The lowest BCUT2D eigenvalue weighted by Gasteiger charge is -2.12. The van der Waals surface area contributed by atoms with Crippen LogP contribution in [0.3, 0.4) is 0 Å². The number of hydrogen-bond acceptors (Lipinski definition) is 2. The van der Waals surface area contributed by atoms with E-state index in [9.17, 15) is 9.59 Å². The molecule has 1 aromatic rings. The highest BCUT2D eigenvalue weighted by Crippen LogP contribution is 2.23. The van der Waals surface area contributed by atoms with Crippen molar-refractivity contribution in [3.05, 3.63) is 36.4 Å². The minimum Gasteiger partial charge on any atom is -0.326 e. The summed E-state index contributed by atoms with van der Waals surface area (Å²) in [4.78, 5) is 22.5. The smallest absolute Gasteiger partial charge is 0.247 e. The van der Waals surface area contributed by atoms with Gasteiger partial charge in [-0.25, -0.2) is 0 Å². The van der Waals surface area contributed by atoms with E-state index in [1.165, 1.54) is 6.08 Å². The van der Waals surface area contributed by atoms with Gasteiger partial charge in [0.2, 0.25) is 11.8 Å². The number of nitrogens with one attached hydrogen (secondary N) is 2. The summed E-state index contributed by atoms with van der Waals surface area (Å²) in [6, 6.07) is 5.35. The number of benzene rings is 1. The highest BCUT2D eigenvalue weighted by molar-refractivity contribution is 6.00. The van der Waals surface area contributed by atoms with E-state index in [1.807, 2.05) is 6.92 Å². The molecule has 0 saturated heterocycles. The second kappa shape index (κ2) is 5.84. The number of amides is 2. The maximum atomic E-state index is 11.3. The lowest BCUT2D eigenvalue weighted by Crippen LogP contribution is -2.13. The first-order chi connectivity index (χ1) is 8.08. The molecule has 0 heterocycles. The van der Waals surface area contributed by atoms with Crippen molar-refractivity contribution in [3.8, 4) is 0 Å². The van der Waals surface area contributed by atoms with Crippen LogP contribution in [0.5, 0.6) is 0 Å². The van der Waals surface area contributed by atoms with Crippen molar-refractivity contribution in [1.29, 1.82) is 0 Å². The van der Waals surface area contributed by atoms with E-state index >= 15 is 0 Å². The van der Waals surface area contributed by atoms with Gasteiger partial charge in [-0.1, -0.05) is 19.6 Å². The Morgan fingerprint density at radius 2 is 1.88 bits per heavy atom. The van der Waals surface area contributed by atoms with Crippen molar-refractivity contribution >= 4 is 23.2 Å². The molecule has 1 rings (SSSR count). The van der Waals surface area contributed by atoms with Crippen LogP contribution in [0.15, 0.2) is 30.9 Å². The van der Waals surface area contributed by atoms with Crippen molar-refractivity contribution < 1.29 is 9.59 Å². The minimum atomic E-state index is -0.271. The molecule has 17 heavy (non-hydrogen) atoms. The third kappa shape index (κ3) is 3.45. The van der Waals surface area contributed by atoms with Crippen LogP contribution in [0.2, 0.25) is 0 Å². The van der Waals surface area contributed by atoms with E-state index in [2.05, 4.69) is 17.2 Å². The Morgan fingerprint density at radius 1 is 1.29 bits per heavy atom. The molecule has 0 unspecified atom stereocenters. The second-order valence-electron chi connectivity index (χ2n) is 3.57. The van der Waals surface area contributed by atoms with Gasteiger partial charge in [-0.3, -0.25) is 9.59 Å². The molecule has 0 radical (unpaired) electrons. The summed E-state index contributed by atoms with van der Waals surface area (Å²) in [6.07, 6.45) is 1.62. The number of carbonyl (C=O) groups is 2. The van der Waals surface area contributed by atoms with Crippen LogP contribution in [0.1, 0.15) is 18.9 Å². The van der Waals surface area contributed by atoms with Crippen LogP contribution in [0.25, 0.3) is 0 Å². The van der Waals surface area contributed by atoms with E-state index in [0.717, 1.165) is 5.56 Å². The summed E-state index contributed by atoms with van der Waals surface area (Å²) >= 11 is 0. The molecular weight excluding hydrogens is 216 g/mol. The van der Waals surface area contributed by atoms with E-state index in [-0.39, 0.29) is 11.8 Å². The highest BCUT2D eigenvalue weighted by atomic mass is 16.2. The van der Waals surface area contributed by atoms with E-state index in [0.29, 0.717) is 17.8 Å². The fourth-order valence-corrected chi connectivity index (χ4v) is 1.33. The predicted octanol–water partition coefficient (Wildman–Crippen LogP) is 2.47. The number of anilines is 2. The molecule has 0 saturated carbocycles. The van der Waals surface area contributed by atoms with Crippen molar-refractivity contribution in [2.75, 3.05) is 10.6 Å². The highest BCUT2D eigenvalue weighted by Gasteiger charge is 2.07. The summed E-state index contributed by atoms with van der Waals surface area (Å²) < 4.78 is 0. The largest absolute Gasteiger partial charge is 0.326 e. The third-order valence-electron chi connectivity index (χ3n) is 2.37. The molecule has 4 nitrogen and oxygen atoms in total. The quantitative estimate of drug-likeness (QED) is 0.783. The molecule has 1 aromatic carbocycles. The molecule has 0 aliphatic heterocycles. The lowest BCUT2D eigenvalue weighted by molar-refractivity contribution is -0.116. The molecule has 0 aliphatic carbocycles. The third-order valence-corrected chi connectivity index (χ3v) is 2.37. The van der Waals surface area contributed by atoms with E-state index in [4.69, 9.17) is 0 Å². The van der Waals surface area contributed by atoms with Crippen LogP contribution in [-0.4, -0.2) is 11.8 Å². The van der Waals surface area contributed by atoms with Crippen molar-refractivity contribution in [3.63, 3.8) is 0 Å². The van der Waals surface area contributed by atoms with Gasteiger partial charge in [0.25, 0.3) is 0 Å². The standard InChI is InChI=1S/C13H16N2O2/c1-4-12(16)14-10-7-6-8-11(9(10)3)15-13(17)5-2/h4,6-8H,1,5H2,2-3H3,(H,14,16)(H,15,17). The average Bonchev–Trinajstić information content (AvgIpc) is 2.33.